The lowest BCUT2D eigenvalue weighted by Crippen LogP contribution is -2.33. The van der Waals surface area contributed by atoms with Gasteiger partial charge in [0.15, 0.2) is 5.11 Å². The molecule has 0 spiro atoms. The summed E-state index contributed by atoms with van der Waals surface area (Å²) < 4.78 is 2.22. The number of para-hydroxylation sites is 1. The second-order valence-electron chi connectivity index (χ2n) is 8.86. The van der Waals surface area contributed by atoms with Gasteiger partial charge in [-0.2, -0.15) is 0 Å². The number of nitrogens with zero attached hydrogens (tertiary/aromatic N) is 4. The number of pyridine rings is 2. The van der Waals surface area contributed by atoms with E-state index in [1.54, 1.807) is 12.4 Å². The third kappa shape index (κ3) is 5.13. The molecule has 5 rings (SSSR count). The Hall–Kier alpha value is -4.04. The van der Waals surface area contributed by atoms with E-state index in [1.165, 1.54) is 0 Å². The molecule has 0 radical (unpaired) electrons. The minimum Gasteiger partial charge on any atom is -0.352 e. The smallest absolute Gasteiger partial charge is 0.226 e. The predicted octanol–water partition coefficient (Wildman–Crippen LogP) is 4.64. The van der Waals surface area contributed by atoms with Crippen LogP contribution in [0.15, 0.2) is 91.5 Å². The molecule has 2 atom stereocenters. The molecule has 1 fully saturated rings. The maximum absolute atomic E-state index is 12.9. The molecule has 1 aromatic carbocycles. The third-order valence-electron chi connectivity index (χ3n) is 6.44. The predicted molar refractivity (Wildman–Crippen MR) is 144 cm³/mol. The highest BCUT2D eigenvalue weighted by Crippen LogP contribution is 2.39. The summed E-state index contributed by atoms with van der Waals surface area (Å²) in [6.07, 6.45) is 7.84. The molecule has 0 bridgehead atoms. The van der Waals surface area contributed by atoms with E-state index in [2.05, 4.69) is 48.4 Å². The molecular formula is C28H28N6OS. The highest BCUT2D eigenvalue weighted by Gasteiger charge is 2.41. The van der Waals surface area contributed by atoms with Crippen LogP contribution in [0.1, 0.15) is 41.0 Å². The fourth-order valence-corrected chi connectivity index (χ4v) is 4.98. The molecule has 8 heteroatoms. The molecule has 2 N–H and O–H groups in total. The Balaban J connectivity index is 1.40. The lowest BCUT2D eigenvalue weighted by Gasteiger charge is -2.29. The average molecular weight is 497 g/mol. The number of hydrogen-bond acceptors (Lipinski definition) is 4. The number of amides is 1. The van der Waals surface area contributed by atoms with Gasteiger partial charge in [-0.05, 0) is 66.7 Å². The Bertz CT molecular complexity index is 1340. The number of benzene rings is 1. The van der Waals surface area contributed by atoms with Gasteiger partial charge in [0, 0.05) is 55.7 Å². The van der Waals surface area contributed by atoms with Crippen molar-refractivity contribution in [1.82, 2.24) is 24.8 Å². The Morgan fingerprint density at radius 1 is 1.06 bits per heavy atom. The fraction of sp³-hybridized carbons (Fsp3) is 0.214. The quantitative estimate of drug-likeness (QED) is 0.346. The largest absolute Gasteiger partial charge is 0.352 e. The summed E-state index contributed by atoms with van der Waals surface area (Å²) in [5, 5.41) is 7.12. The Kier molecular flexibility index (Phi) is 7.04. The second kappa shape index (κ2) is 10.7. The van der Waals surface area contributed by atoms with Crippen LogP contribution >= 0.6 is 12.2 Å². The lowest BCUT2D eigenvalue weighted by atomic mass is 10.0. The van der Waals surface area contributed by atoms with Crippen LogP contribution in [-0.2, 0) is 11.3 Å². The Morgan fingerprint density at radius 2 is 1.92 bits per heavy atom. The average Bonchev–Trinajstić information content (AvgIpc) is 3.48. The van der Waals surface area contributed by atoms with E-state index in [1.807, 2.05) is 67.7 Å². The summed E-state index contributed by atoms with van der Waals surface area (Å²) in [5.41, 5.74) is 4.98. The summed E-state index contributed by atoms with van der Waals surface area (Å²) in [7, 11) is 0. The van der Waals surface area contributed by atoms with E-state index < -0.39 is 0 Å². The zero-order chi connectivity index (χ0) is 24.9. The van der Waals surface area contributed by atoms with Crippen LogP contribution in [0.2, 0.25) is 0 Å². The summed E-state index contributed by atoms with van der Waals surface area (Å²) in [6, 6.07) is 21.6. The first kappa shape index (κ1) is 23.7. The van der Waals surface area contributed by atoms with Gasteiger partial charge < -0.3 is 20.1 Å². The standard InChI is InChI=1S/C28H28N6OS/c1-20-8-2-3-10-22(20)31-25(35)13-17-34-27(26(32-28(34)36)23-11-4-5-15-30-23)24-12-7-16-33(24)19-21-9-6-14-29-18-21/h2-12,14-16,18,26-27H,13,17,19H2,1H3,(H,31,35)(H,32,36)/t26-,27+/m1/s1. The van der Waals surface area contributed by atoms with Crippen molar-refractivity contribution in [1.29, 1.82) is 0 Å². The van der Waals surface area contributed by atoms with Crippen molar-refractivity contribution in [3.63, 3.8) is 0 Å². The topological polar surface area (TPSA) is 75.1 Å². The molecule has 1 aliphatic rings. The number of thiocarbonyl (C=S) groups is 1. The summed E-state index contributed by atoms with van der Waals surface area (Å²) in [4.78, 5) is 23.8. The van der Waals surface area contributed by atoms with Crippen molar-refractivity contribution in [3.05, 3.63) is 114 Å². The van der Waals surface area contributed by atoms with Gasteiger partial charge in [0.05, 0.1) is 17.8 Å². The molecule has 4 aromatic rings. The van der Waals surface area contributed by atoms with Crippen LogP contribution in [0.3, 0.4) is 0 Å². The van der Waals surface area contributed by atoms with Crippen LogP contribution in [0.25, 0.3) is 0 Å². The second-order valence-corrected chi connectivity index (χ2v) is 9.24. The van der Waals surface area contributed by atoms with Crippen LogP contribution in [0.4, 0.5) is 5.69 Å². The van der Waals surface area contributed by atoms with E-state index in [4.69, 9.17) is 12.2 Å². The maximum atomic E-state index is 12.9. The molecule has 1 aliphatic heterocycles. The summed E-state index contributed by atoms with van der Waals surface area (Å²) in [5.74, 6) is -0.0436. The molecule has 182 valence electrons. The number of aryl methyl sites for hydroxylation is 1. The van der Waals surface area contributed by atoms with Crippen molar-refractivity contribution in [2.45, 2.75) is 32.0 Å². The SMILES string of the molecule is Cc1ccccc1NC(=O)CCN1C(=S)N[C@H](c2ccccn2)[C@@H]1c1cccn1Cc1cccnc1. The number of hydrogen-bond donors (Lipinski definition) is 2. The van der Waals surface area contributed by atoms with Crippen LogP contribution in [0.5, 0.6) is 0 Å². The van der Waals surface area contributed by atoms with Gasteiger partial charge >= 0.3 is 0 Å². The van der Waals surface area contributed by atoms with Crippen molar-refractivity contribution >= 4 is 28.9 Å². The fourth-order valence-electron chi connectivity index (χ4n) is 4.64. The summed E-state index contributed by atoms with van der Waals surface area (Å²) in [6.45, 7) is 3.16. The monoisotopic (exact) mass is 496 g/mol. The molecule has 0 unspecified atom stereocenters. The highest BCUT2D eigenvalue weighted by atomic mass is 32.1. The molecule has 3 aromatic heterocycles. The van der Waals surface area contributed by atoms with Crippen molar-refractivity contribution in [2.75, 3.05) is 11.9 Å². The van der Waals surface area contributed by atoms with E-state index in [9.17, 15) is 4.79 Å². The number of anilines is 1. The van der Waals surface area contributed by atoms with Gasteiger partial charge in [-0.3, -0.25) is 14.8 Å². The van der Waals surface area contributed by atoms with Gasteiger partial charge in [0.2, 0.25) is 5.91 Å². The van der Waals surface area contributed by atoms with Crippen LogP contribution in [-0.4, -0.2) is 37.0 Å². The number of nitrogens with one attached hydrogen (secondary N) is 2. The number of carbonyl (C=O) groups is 1. The number of aromatic nitrogens is 3. The van der Waals surface area contributed by atoms with Crippen LogP contribution < -0.4 is 10.6 Å². The molecule has 1 saturated heterocycles. The van der Waals surface area contributed by atoms with E-state index in [-0.39, 0.29) is 18.0 Å². The third-order valence-corrected chi connectivity index (χ3v) is 6.79. The maximum Gasteiger partial charge on any atom is 0.226 e. The minimum absolute atomic E-state index is 0.0436. The molecule has 7 nitrogen and oxygen atoms in total. The molecule has 0 saturated carbocycles. The van der Waals surface area contributed by atoms with Gasteiger partial charge in [0.25, 0.3) is 0 Å². The molecule has 36 heavy (non-hydrogen) atoms. The van der Waals surface area contributed by atoms with Crippen molar-refractivity contribution < 1.29 is 4.79 Å². The summed E-state index contributed by atoms with van der Waals surface area (Å²) >= 11 is 5.78. The highest BCUT2D eigenvalue weighted by molar-refractivity contribution is 7.80. The normalized spacial score (nSPS) is 17.1. The molecule has 4 heterocycles. The number of carbonyl (C=O) groups excluding carboxylic acids is 1. The van der Waals surface area contributed by atoms with Gasteiger partial charge in [-0.25, -0.2) is 0 Å². The zero-order valence-electron chi connectivity index (χ0n) is 20.0. The van der Waals surface area contributed by atoms with Gasteiger partial charge in [-0.15, -0.1) is 0 Å². The first-order valence-corrected chi connectivity index (χ1v) is 12.4. The van der Waals surface area contributed by atoms with Crippen molar-refractivity contribution in [3.8, 4) is 0 Å². The van der Waals surface area contributed by atoms with E-state index in [0.29, 0.717) is 24.6 Å². The van der Waals surface area contributed by atoms with Gasteiger partial charge in [-0.1, -0.05) is 30.3 Å². The van der Waals surface area contributed by atoms with Crippen molar-refractivity contribution in [2.24, 2.45) is 0 Å². The van der Waals surface area contributed by atoms with Gasteiger partial charge in [0.1, 0.15) is 0 Å². The lowest BCUT2D eigenvalue weighted by molar-refractivity contribution is -0.116. The Morgan fingerprint density at radius 3 is 2.69 bits per heavy atom. The van der Waals surface area contributed by atoms with E-state index in [0.717, 1.165) is 28.2 Å². The molecule has 0 aliphatic carbocycles. The molecular weight excluding hydrogens is 468 g/mol. The van der Waals surface area contributed by atoms with Crippen LogP contribution in [0, 0.1) is 6.92 Å². The first-order chi connectivity index (χ1) is 17.6. The Labute approximate surface area is 216 Å². The molecule has 1 amide bonds. The zero-order valence-corrected chi connectivity index (χ0v) is 20.9. The van der Waals surface area contributed by atoms with E-state index >= 15 is 0 Å². The first-order valence-electron chi connectivity index (χ1n) is 12.0. The number of rotatable bonds is 8. The minimum atomic E-state index is -0.138.